The van der Waals surface area contributed by atoms with E-state index in [0.29, 0.717) is 28.9 Å². The molecule has 0 aliphatic heterocycles. The summed E-state index contributed by atoms with van der Waals surface area (Å²) < 4.78 is 17.9. The molecule has 0 radical (unpaired) electrons. The number of methoxy groups -OCH3 is 2. The van der Waals surface area contributed by atoms with Gasteiger partial charge in [-0.15, -0.1) is 0 Å². The lowest BCUT2D eigenvalue weighted by Gasteiger charge is -2.23. The second kappa shape index (κ2) is 9.02. The number of benzene rings is 1. The summed E-state index contributed by atoms with van der Waals surface area (Å²) >= 11 is 0. The number of carbonyl (C=O) groups is 1. The molecule has 0 bridgehead atoms. The Balaban J connectivity index is 1.49. The maximum atomic E-state index is 12.5. The zero-order valence-corrected chi connectivity index (χ0v) is 17.3. The van der Waals surface area contributed by atoms with Crippen molar-refractivity contribution in [2.75, 3.05) is 14.2 Å². The van der Waals surface area contributed by atoms with Crippen LogP contribution >= 0.6 is 0 Å². The van der Waals surface area contributed by atoms with E-state index in [-0.39, 0.29) is 18.5 Å². The van der Waals surface area contributed by atoms with Crippen molar-refractivity contribution in [2.24, 2.45) is 0 Å². The van der Waals surface area contributed by atoms with Gasteiger partial charge in [-0.05, 0) is 43.2 Å². The molecule has 1 amide bonds. The van der Waals surface area contributed by atoms with Gasteiger partial charge in [0.25, 0.3) is 5.89 Å². The van der Waals surface area contributed by atoms with Gasteiger partial charge in [-0.1, -0.05) is 24.4 Å². The van der Waals surface area contributed by atoms with E-state index in [1.165, 1.54) is 19.3 Å². The van der Waals surface area contributed by atoms with Gasteiger partial charge in [0, 0.05) is 17.8 Å². The Labute approximate surface area is 175 Å². The van der Waals surface area contributed by atoms with Gasteiger partial charge >= 0.3 is 0 Å². The van der Waals surface area contributed by atoms with Crippen LogP contribution in [-0.2, 0) is 11.3 Å². The fourth-order valence-corrected chi connectivity index (χ4v) is 3.84. The van der Waals surface area contributed by atoms with Gasteiger partial charge in [0.05, 0.1) is 14.2 Å². The number of aromatic nitrogens is 3. The van der Waals surface area contributed by atoms with Crippen LogP contribution in [0.3, 0.4) is 0 Å². The topological polar surface area (TPSA) is 91.4 Å². The van der Waals surface area contributed by atoms with Gasteiger partial charge in [-0.25, -0.2) is 0 Å². The van der Waals surface area contributed by atoms with Crippen molar-refractivity contribution in [1.29, 1.82) is 0 Å². The largest absolute Gasteiger partial charge is 0.493 e. The van der Waals surface area contributed by atoms with E-state index < -0.39 is 0 Å². The van der Waals surface area contributed by atoms with E-state index >= 15 is 0 Å². The highest BCUT2D eigenvalue weighted by Gasteiger charge is 2.19. The molecule has 8 heteroatoms. The van der Waals surface area contributed by atoms with E-state index in [1.54, 1.807) is 26.4 Å². The van der Waals surface area contributed by atoms with E-state index in [0.717, 1.165) is 18.4 Å². The first kappa shape index (κ1) is 20.0. The number of nitrogens with one attached hydrogen (secondary N) is 1. The summed E-state index contributed by atoms with van der Waals surface area (Å²) in [6.07, 6.45) is 7.58. The van der Waals surface area contributed by atoms with Gasteiger partial charge in [-0.3, -0.25) is 4.79 Å². The minimum atomic E-state index is -0.000945. The average molecular weight is 410 g/mol. The van der Waals surface area contributed by atoms with Gasteiger partial charge in [0.15, 0.2) is 11.5 Å². The highest BCUT2D eigenvalue weighted by molar-refractivity contribution is 5.77. The number of carbonyl (C=O) groups excluding carboxylic acids is 1. The fourth-order valence-electron chi connectivity index (χ4n) is 3.84. The van der Waals surface area contributed by atoms with Crippen LogP contribution < -0.4 is 14.8 Å². The lowest BCUT2D eigenvalue weighted by molar-refractivity contribution is -0.122. The summed E-state index contributed by atoms with van der Waals surface area (Å²) in [5.74, 6) is 2.01. The number of nitrogens with zero attached hydrogens (tertiary/aromatic N) is 3. The quantitative estimate of drug-likeness (QED) is 0.639. The summed E-state index contributed by atoms with van der Waals surface area (Å²) in [7, 11) is 3.16. The van der Waals surface area contributed by atoms with Crippen molar-refractivity contribution in [1.82, 2.24) is 20.0 Å². The molecule has 8 nitrogen and oxygen atoms in total. The zero-order valence-electron chi connectivity index (χ0n) is 17.3. The molecule has 1 saturated carbocycles. The van der Waals surface area contributed by atoms with E-state index in [2.05, 4.69) is 15.5 Å². The normalized spacial score (nSPS) is 14.5. The summed E-state index contributed by atoms with van der Waals surface area (Å²) in [6.45, 7) is 0.215. The molecule has 0 saturated heterocycles. The molecule has 0 spiro atoms. The Bertz CT molecular complexity index is 1000. The molecule has 0 atom stereocenters. The summed E-state index contributed by atoms with van der Waals surface area (Å²) in [5, 5.41) is 7.23. The average Bonchev–Trinajstić information content (AvgIpc) is 3.43. The predicted molar refractivity (Wildman–Crippen MR) is 111 cm³/mol. The highest BCUT2D eigenvalue weighted by Crippen LogP contribution is 2.32. The molecule has 1 aliphatic rings. The zero-order chi connectivity index (χ0) is 20.9. The van der Waals surface area contributed by atoms with Crippen LogP contribution in [0.2, 0.25) is 0 Å². The SMILES string of the molecule is COc1ccc(-c2noc(-c3cccn3CC(=O)NC3CCCCC3)n2)cc1OC. The van der Waals surface area contributed by atoms with Crippen LogP contribution in [-0.4, -0.2) is 40.9 Å². The third-order valence-electron chi connectivity index (χ3n) is 5.40. The lowest BCUT2D eigenvalue weighted by Crippen LogP contribution is -2.38. The highest BCUT2D eigenvalue weighted by atomic mass is 16.5. The van der Waals surface area contributed by atoms with Crippen LogP contribution in [0.4, 0.5) is 0 Å². The Morgan fingerprint density at radius 3 is 2.73 bits per heavy atom. The van der Waals surface area contributed by atoms with Gasteiger partial charge in [0.1, 0.15) is 12.2 Å². The number of rotatable bonds is 7. The third-order valence-corrected chi connectivity index (χ3v) is 5.40. The standard InChI is InChI=1S/C22H26N4O4/c1-28-18-11-10-15(13-19(18)29-2)21-24-22(30-25-21)17-9-6-12-26(17)14-20(27)23-16-7-4-3-5-8-16/h6,9-13,16H,3-5,7-8,14H2,1-2H3,(H,23,27). The van der Waals surface area contributed by atoms with Crippen molar-refractivity contribution in [2.45, 2.75) is 44.7 Å². The molecule has 30 heavy (non-hydrogen) atoms. The molecule has 2 heterocycles. The summed E-state index contributed by atoms with van der Waals surface area (Å²) in [5.41, 5.74) is 1.45. The van der Waals surface area contributed by atoms with Crippen LogP contribution in [0, 0.1) is 0 Å². The second-order valence-electron chi connectivity index (χ2n) is 7.42. The van der Waals surface area contributed by atoms with Gasteiger partial charge in [0.2, 0.25) is 11.7 Å². The van der Waals surface area contributed by atoms with Gasteiger partial charge < -0.3 is 23.9 Å². The van der Waals surface area contributed by atoms with Crippen molar-refractivity contribution >= 4 is 5.91 Å². The van der Waals surface area contributed by atoms with Crippen molar-refractivity contribution < 1.29 is 18.8 Å². The minimum absolute atomic E-state index is 0.000945. The number of ether oxygens (including phenoxy) is 2. The maximum absolute atomic E-state index is 12.5. The minimum Gasteiger partial charge on any atom is -0.493 e. The molecular weight excluding hydrogens is 384 g/mol. The molecule has 1 aliphatic carbocycles. The fraction of sp³-hybridized carbons (Fsp3) is 0.409. The molecule has 1 aromatic carbocycles. The van der Waals surface area contributed by atoms with Crippen LogP contribution in [0.15, 0.2) is 41.1 Å². The second-order valence-corrected chi connectivity index (χ2v) is 7.42. The van der Waals surface area contributed by atoms with Crippen molar-refractivity contribution in [3.05, 3.63) is 36.5 Å². The molecule has 2 aromatic heterocycles. The molecular formula is C22H26N4O4. The molecule has 1 N–H and O–H groups in total. The Morgan fingerprint density at radius 1 is 1.17 bits per heavy atom. The van der Waals surface area contributed by atoms with Crippen LogP contribution in [0.5, 0.6) is 11.5 Å². The number of hydrogen-bond donors (Lipinski definition) is 1. The number of amides is 1. The molecule has 4 rings (SSSR count). The Morgan fingerprint density at radius 2 is 1.97 bits per heavy atom. The molecule has 3 aromatic rings. The van der Waals surface area contributed by atoms with Gasteiger partial charge in [-0.2, -0.15) is 4.98 Å². The first-order valence-electron chi connectivity index (χ1n) is 10.2. The van der Waals surface area contributed by atoms with Crippen molar-refractivity contribution in [3.63, 3.8) is 0 Å². The molecule has 158 valence electrons. The number of hydrogen-bond acceptors (Lipinski definition) is 6. The summed E-state index contributed by atoms with van der Waals surface area (Å²) in [6, 6.07) is 9.44. The third kappa shape index (κ3) is 4.32. The first-order chi connectivity index (χ1) is 14.7. The first-order valence-corrected chi connectivity index (χ1v) is 10.2. The van der Waals surface area contributed by atoms with Crippen LogP contribution in [0.25, 0.3) is 23.0 Å². The van der Waals surface area contributed by atoms with E-state index in [4.69, 9.17) is 14.0 Å². The Kier molecular flexibility index (Phi) is 6.02. The monoisotopic (exact) mass is 410 g/mol. The predicted octanol–water partition coefficient (Wildman–Crippen LogP) is 3.67. The summed E-state index contributed by atoms with van der Waals surface area (Å²) in [4.78, 5) is 17.0. The molecule has 1 fully saturated rings. The van der Waals surface area contributed by atoms with Crippen LogP contribution in [0.1, 0.15) is 32.1 Å². The smallest absolute Gasteiger partial charge is 0.274 e. The molecule has 0 unspecified atom stereocenters. The maximum Gasteiger partial charge on any atom is 0.274 e. The van der Waals surface area contributed by atoms with E-state index in [9.17, 15) is 4.79 Å². The Hall–Kier alpha value is -3.29. The van der Waals surface area contributed by atoms with E-state index in [1.807, 2.05) is 29.0 Å². The van der Waals surface area contributed by atoms with Crippen molar-refractivity contribution in [3.8, 4) is 34.5 Å². The lowest BCUT2D eigenvalue weighted by atomic mass is 9.95.